The van der Waals surface area contributed by atoms with Crippen LogP contribution in [-0.2, 0) is 6.42 Å². The van der Waals surface area contributed by atoms with Crippen LogP contribution in [0.25, 0.3) is 0 Å². The fourth-order valence-corrected chi connectivity index (χ4v) is 3.84. The van der Waals surface area contributed by atoms with E-state index in [2.05, 4.69) is 57.4 Å². The van der Waals surface area contributed by atoms with Crippen molar-refractivity contribution < 1.29 is 0 Å². The average molecular weight is 273 g/mol. The Morgan fingerprint density at radius 1 is 1.25 bits per heavy atom. The van der Waals surface area contributed by atoms with Gasteiger partial charge in [0.15, 0.2) is 0 Å². The van der Waals surface area contributed by atoms with Crippen molar-refractivity contribution in [3.8, 4) is 0 Å². The van der Waals surface area contributed by atoms with E-state index in [9.17, 15) is 0 Å². The topological polar surface area (TPSA) is 12.0 Å². The standard InChI is InChI=1S/C19H31N/c1-5-6-8-15-10-12-16(13-11-15)18(20-4)17-9-7-14-19(17,2)3/h10-13,17-18,20H,5-9,14H2,1-4H3. The summed E-state index contributed by atoms with van der Waals surface area (Å²) in [7, 11) is 2.12. The van der Waals surface area contributed by atoms with Crippen LogP contribution < -0.4 is 5.32 Å². The molecule has 1 saturated carbocycles. The summed E-state index contributed by atoms with van der Waals surface area (Å²) in [4.78, 5) is 0. The van der Waals surface area contributed by atoms with Crippen molar-refractivity contribution in [2.45, 2.75) is 65.3 Å². The molecule has 1 N–H and O–H groups in total. The molecule has 0 radical (unpaired) electrons. The minimum absolute atomic E-state index is 0.467. The largest absolute Gasteiger partial charge is 0.313 e. The summed E-state index contributed by atoms with van der Waals surface area (Å²) in [5, 5.41) is 3.58. The number of unbranched alkanes of at least 4 members (excludes halogenated alkanes) is 1. The van der Waals surface area contributed by atoms with Gasteiger partial charge in [-0.15, -0.1) is 0 Å². The number of aryl methyl sites for hydroxylation is 1. The van der Waals surface area contributed by atoms with Gasteiger partial charge in [-0.3, -0.25) is 0 Å². The molecular weight excluding hydrogens is 242 g/mol. The van der Waals surface area contributed by atoms with Crippen molar-refractivity contribution in [2.24, 2.45) is 11.3 Å². The minimum atomic E-state index is 0.467. The first-order chi connectivity index (χ1) is 9.58. The predicted molar refractivity (Wildman–Crippen MR) is 88.0 cm³/mol. The molecule has 0 aliphatic heterocycles. The third-order valence-corrected chi connectivity index (χ3v) is 5.21. The van der Waals surface area contributed by atoms with Crippen LogP contribution in [0, 0.1) is 11.3 Å². The average Bonchev–Trinajstić information content (AvgIpc) is 2.79. The van der Waals surface area contributed by atoms with Gasteiger partial charge in [0.2, 0.25) is 0 Å². The summed E-state index contributed by atoms with van der Waals surface area (Å²) in [6.07, 6.45) is 7.89. The Bertz CT molecular complexity index is 404. The van der Waals surface area contributed by atoms with E-state index in [0.29, 0.717) is 11.5 Å². The molecule has 2 rings (SSSR count). The second kappa shape index (κ2) is 6.76. The van der Waals surface area contributed by atoms with Gasteiger partial charge in [0, 0.05) is 6.04 Å². The molecule has 2 unspecified atom stereocenters. The van der Waals surface area contributed by atoms with Crippen LogP contribution in [0.5, 0.6) is 0 Å². The Morgan fingerprint density at radius 2 is 1.95 bits per heavy atom. The SMILES string of the molecule is CCCCc1ccc(C(NC)C2CCCC2(C)C)cc1. The van der Waals surface area contributed by atoms with Gasteiger partial charge in [0.1, 0.15) is 0 Å². The van der Waals surface area contributed by atoms with E-state index in [-0.39, 0.29) is 0 Å². The lowest BCUT2D eigenvalue weighted by Gasteiger charge is -2.34. The Morgan fingerprint density at radius 3 is 2.45 bits per heavy atom. The highest BCUT2D eigenvalue weighted by molar-refractivity contribution is 5.26. The van der Waals surface area contributed by atoms with Gasteiger partial charge >= 0.3 is 0 Å². The first-order valence-corrected chi connectivity index (χ1v) is 8.34. The van der Waals surface area contributed by atoms with Crippen molar-refractivity contribution in [1.82, 2.24) is 5.32 Å². The zero-order chi connectivity index (χ0) is 14.6. The molecule has 1 aromatic rings. The van der Waals surface area contributed by atoms with Crippen molar-refractivity contribution in [3.63, 3.8) is 0 Å². The van der Waals surface area contributed by atoms with Gasteiger partial charge < -0.3 is 5.32 Å². The Labute approximate surface area is 125 Å². The fraction of sp³-hybridized carbons (Fsp3) is 0.684. The molecular formula is C19H31N. The van der Waals surface area contributed by atoms with Crippen molar-refractivity contribution in [1.29, 1.82) is 0 Å². The molecule has 0 aromatic heterocycles. The van der Waals surface area contributed by atoms with Crippen LogP contribution >= 0.6 is 0 Å². The quantitative estimate of drug-likeness (QED) is 0.759. The smallest absolute Gasteiger partial charge is 0.0351 e. The lowest BCUT2D eigenvalue weighted by atomic mass is 9.75. The molecule has 1 aromatic carbocycles. The summed E-state index contributed by atoms with van der Waals surface area (Å²) >= 11 is 0. The minimum Gasteiger partial charge on any atom is -0.313 e. The molecule has 1 aliphatic rings. The molecule has 1 nitrogen and oxygen atoms in total. The second-order valence-electron chi connectivity index (χ2n) is 7.10. The molecule has 1 aliphatic carbocycles. The highest BCUT2D eigenvalue weighted by Gasteiger charge is 2.39. The summed E-state index contributed by atoms with van der Waals surface area (Å²) < 4.78 is 0. The third-order valence-electron chi connectivity index (χ3n) is 5.21. The van der Waals surface area contributed by atoms with Crippen LogP contribution in [0.4, 0.5) is 0 Å². The summed E-state index contributed by atoms with van der Waals surface area (Å²) in [5.41, 5.74) is 3.41. The molecule has 0 saturated heterocycles. The van der Waals surface area contributed by atoms with Crippen LogP contribution in [0.15, 0.2) is 24.3 Å². The summed E-state index contributed by atoms with van der Waals surface area (Å²) in [6.45, 7) is 7.13. The molecule has 0 bridgehead atoms. The maximum atomic E-state index is 3.58. The molecule has 1 heteroatoms. The first-order valence-electron chi connectivity index (χ1n) is 8.34. The van der Waals surface area contributed by atoms with Crippen LogP contribution in [0.2, 0.25) is 0 Å². The van der Waals surface area contributed by atoms with Crippen molar-refractivity contribution in [3.05, 3.63) is 35.4 Å². The number of hydrogen-bond donors (Lipinski definition) is 1. The van der Waals surface area contributed by atoms with Gasteiger partial charge in [-0.2, -0.15) is 0 Å². The second-order valence-corrected chi connectivity index (χ2v) is 7.10. The number of nitrogens with one attached hydrogen (secondary N) is 1. The van der Waals surface area contributed by atoms with Crippen LogP contribution in [0.1, 0.15) is 70.0 Å². The molecule has 112 valence electrons. The molecule has 0 amide bonds. The van der Waals surface area contributed by atoms with E-state index >= 15 is 0 Å². The Balaban J connectivity index is 2.11. The third kappa shape index (κ3) is 3.44. The maximum Gasteiger partial charge on any atom is 0.0351 e. The van der Waals surface area contributed by atoms with Crippen molar-refractivity contribution in [2.75, 3.05) is 7.05 Å². The highest BCUT2D eigenvalue weighted by atomic mass is 14.9. The normalized spacial score (nSPS) is 22.9. The number of benzene rings is 1. The molecule has 2 atom stereocenters. The van der Waals surface area contributed by atoms with E-state index in [0.717, 1.165) is 5.92 Å². The van der Waals surface area contributed by atoms with E-state index in [1.54, 1.807) is 0 Å². The van der Waals surface area contributed by atoms with E-state index < -0.39 is 0 Å². The fourth-order valence-electron chi connectivity index (χ4n) is 3.84. The van der Waals surface area contributed by atoms with E-state index in [4.69, 9.17) is 0 Å². The van der Waals surface area contributed by atoms with Gasteiger partial charge in [-0.05, 0) is 55.2 Å². The summed E-state index contributed by atoms with van der Waals surface area (Å²) in [5.74, 6) is 0.758. The molecule has 0 heterocycles. The predicted octanol–water partition coefficient (Wildman–Crippen LogP) is 5.12. The highest BCUT2D eigenvalue weighted by Crippen LogP contribution is 2.48. The zero-order valence-corrected chi connectivity index (χ0v) is 13.7. The van der Waals surface area contributed by atoms with Crippen LogP contribution in [0.3, 0.4) is 0 Å². The van der Waals surface area contributed by atoms with Gasteiger partial charge in [-0.1, -0.05) is 57.9 Å². The molecule has 20 heavy (non-hydrogen) atoms. The van der Waals surface area contributed by atoms with Gasteiger partial charge in [-0.25, -0.2) is 0 Å². The monoisotopic (exact) mass is 273 g/mol. The molecule has 1 fully saturated rings. The number of hydrogen-bond acceptors (Lipinski definition) is 1. The Kier molecular flexibility index (Phi) is 5.26. The lowest BCUT2D eigenvalue weighted by molar-refractivity contribution is 0.203. The molecule has 0 spiro atoms. The van der Waals surface area contributed by atoms with Gasteiger partial charge in [0.05, 0.1) is 0 Å². The maximum absolute atomic E-state index is 3.58. The lowest BCUT2D eigenvalue weighted by Crippen LogP contribution is -2.31. The van der Waals surface area contributed by atoms with Crippen LogP contribution in [-0.4, -0.2) is 7.05 Å². The summed E-state index contributed by atoms with van der Waals surface area (Å²) in [6, 6.07) is 9.86. The van der Waals surface area contributed by atoms with Crippen molar-refractivity contribution >= 4 is 0 Å². The zero-order valence-electron chi connectivity index (χ0n) is 13.7. The van der Waals surface area contributed by atoms with E-state index in [1.807, 2.05) is 0 Å². The Hall–Kier alpha value is -0.820. The first kappa shape index (κ1) is 15.6. The number of rotatable bonds is 6. The van der Waals surface area contributed by atoms with Gasteiger partial charge in [0.25, 0.3) is 0 Å². The van der Waals surface area contributed by atoms with E-state index in [1.165, 1.54) is 49.7 Å².